The summed E-state index contributed by atoms with van der Waals surface area (Å²) < 4.78 is 13.1. The molecule has 1 aromatic heterocycles. The summed E-state index contributed by atoms with van der Waals surface area (Å²) in [4.78, 5) is 21.1. The summed E-state index contributed by atoms with van der Waals surface area (Å²) in [6.07, 6.45) is 1.74. The van der Waals surface area contributed by atoms with Crippen LogP contribution in [0.25, 0.3) is 0 Å². The van der Waals surface area contributed by atoms with E-state index in [0.717, 1.165) is 43.2 Å². The molecule has 2 aromatic carbocycles. The van der Waals surface area contributed by atoms with E-state index in [4.69, 9.17) is 0 Å². The van der Waals surface area contributed by atoms with E-state index in [9.17, 15) is 9.18 Å². The standard InChI is InChI=1S/C22H21FN4O/c23-17-6-8-19(9-7-17)26-12-14-27(15-13-26)20-10-11-21(24-16-20)22(28)25-18-4-2-1-3-5-18/h1-11,16H,12-15H2,(H,25,28). The van der Waals surface area contributed by atoms with Crippen molar-refractivity contribution in [2.75, 3.05) is 41.3 Å². The lowest BCUT2D eigenvalue weighted by Crippen LogP contribution is -2.46. The maximum Gasteiger partial charge on any atom is 0.274 e. The Labute approximate surface area is 163 Å². The molecule has 3 aromatic rings. The molecule has 0 aliphatic carbocycles. The molecule has 0 spiro atoms. The summed E-state index contributed by atoms with van der Waals surface area (Å²) in [6, 6.07) is 19.6. The largest absolute Gasteiger partial charge is 0.368 e. The number of para-hydroxylation sites is 1. The molecule has 1 saturated heterocycles. The Hall–Kier alpha value is -3.41. The summed E-state index contributed by atoms with van der Waals surface area (Å²) in [6.45, 7) is 3.38. The summed E-state index contributed by atoms with van der Waals surface area (Å²) >= 11 is 0. The molecule has 0 radical (unpaired) electrons. The quantitative estimate of drug-likeness (QED) is 0.753. The number of amides is 1. The van der Waals surface area contributed by atoms with E-state index in [-0.39, 0.29) is 11.7 Å². The van der Waals surface area contributed by atoms with Crippen molar-refractivity contribution in [2.45, 2.75) is 0 Å². The van der Waals surface area contributed by atoms with Gasteiger partial charge in [-0.15, -0.1) is 0 Å². The van der Waals surface area contributed by atoms with Crippen molar-refractivity contribution in [3.63, 3.8) is 0 Å². The van der Waals surface area contributed by atoms with Gasteiger partial charge >= 0.3 is 0 Å². The molecule has 28 heavy (non-hydrogen) atoms. The zero-order valence-electron chi connectivity index (χ0n) is 15.4. The number of anilines is 3. The molecule has 1 amide bonds. The Morgan fingerprint density at radius 1 is 0.821 bits per heavy atom. The highest BCUT2D eigenvalue weighted by Gasteiger charge is 2.18. The number of piperazine rings is 1. The summed E-state index contributed by atoms with van der Waals surface area (Å²) in [7, 11) is 0. The lowest BCUT2D eigenvalue weighted by atomic mass is 10.2. The minimum absolute atomic E-state index is 0.218. The maximum absolute atomic E-state index is 13.1. The fourth-order valence-electron chi connectivity index (χ4n) is 3.30. The van der Waals surface area contributed by atoms with Gasteiger partial charge in [0.05, 0.1) is 11.9 Å². The maximum atomic E-state index is 13.1. The second-order valence-electron chi connectivity index (χ2n) is 6.67. The van der Waals surface area contributed by atoms with Gasteiger partial charge in [-0.05, 0) is 48.5 Å². The van der Waals surface area contributed by atoms with Crippen LogP contribution in [-0.4, -0.2) is 37.1 Å². The van der Waals surface area contributed by atoms with Crippen LogP contribution in [0.5, 0.6) is 0 Å². The molecule has 142 valence electrons. The Balaban J connectivity index is 1.35. The Morgan fingerprint density at radius 2 is 1.43 bits per heavy atom. The topological polar surface area (TPSA) is 48.5 Å². The van der Waals surface area contributed by atoms with Gasteiger partial charge in [0.15, 0.2) is 0 Å². The van der Waals surface area contributed by atoms with Gasteiger partial charge in [-0.25, -0.2) is 9.37 Å². The van der Waals surface area contributed by atoms with E-state index in [0.29, 0.717) is 5.69 Å². The van der Waals surface area contributed by atoms with Crippen LogP contribution in [0.2, 0.25) is 0 Å². The number of rotatable bonds is 4. The number of aromatic nitrogens is 1. The molecule has 1 aliphatic rings. The van der Waals surface area contributed by atoms with Crippen molar-refractivity contribution in [2.24, 2.45) is 0 Å². The highest BCUT2D eigenvalue weighted by atomic mass is 19.1. The van der Waals surface area contributed by atoms with Crippen LogP contribution in [0.1, 0.15) is 10.5 Å². The zero-order chi connectivity index (χ0) is 19.3. The molecule has 0 saturated carbocycles. The second-order valence-corrected chi connectivity index (χ2v) is 6.67. The normalized spacial score (nSPS) is 14.0. The van der Waals surface area contributed by atoms with Gasteiger partial charge < -0.3 is 15.1 Å². The molecule has 5 nitrogen and oxygen atoms in total. The van der Waals surface area contributed by atoms with E-state index in [1.54, 1.807) is 12.3 Å². The highest BCUT2D eigenvalue weighted by molar-refractivity contribution is 6.02. The Kier molecular flexibility index (Phi) is 5.19. The van der Waals surface area contributed by atoms with Gasteiger partial charge in [-0.3, -0.25) is 4.79 Å². The number of halogens is 1. The summed E-state index contributed by atoms with van der Waals surface area (Å²) in [5, 5.41) is 2.84. The number of nitrogens with one attached hydrogen (secondary N) is 1. The third-order valence-electron chi connectivity index (χ3n) is 4.85. The van der Waals surface area contributed by atoms with E-state index < -0.39 is 0 Å². The summed E-state index contributed by atoms with van der Waals surface area (Å²) in [5.41, 5.74) is 3.16. The lowest BCUT2D eigenvalue weighted by Gasteiger charge is -2.37. The van der Waals surface area contributed by atoms with Crippen LogP contribution >= 0.6 is 0 Å². The minimum atomic E-state index is -0.223. The first-order valence-corrected chi connectivity index (χ1v) is 9.27. The second kappa shape index (κ2) is 8.08. The van der Waals surface area contributed by atoms with Crippen LogP contribution < -0.4 is 15.1 Å². The molecular formula is C22H21FN4O. The number of carbonyl (C=O) groups is 1. The van der Waals surface area contributed by atoms with Gasteiger partial charge in [-0.2, -0.15) is 0 Å². The van der Waals surface area contributed by atoms with Crippen molar-refractivity contribution in [3.8, 4) is 0 Å². The van der Waals surface area contributed by atoms with E-state index in [2.05, 4.69) is 20.1 Å². The van der Waals surface area contributed by atoms with Crippen LogP contribution in [0, 0.1) is 5.82 Å². The molecule has 0 atom stereocenters. The Bertz CT molecular complexity index is 921. The smallest absolute Gasteiger partial charge is 0.274 e. The van der Waals surface area contributed by atoms with Gasteiger partial charge in [0.25, 0.3) is 5.91 Å². The molecule has 0 bridgehead atoms. The van der Waals surface area contributed by atoms with Crippen LogP contribution in [-0.2, 0) is 0 Å². The first kappa shape index (κ1) is 18.0. The van der Waals surface area contributed by atoms with Crippen molar-refractivity contribution in [3.05, 3.63) is 84.4 Å². The van der Waals surface area contributed by atoms with Gasteiger partial charge in [-0.1, -0.05) is 18.2 Å². The fraction of sp³-hybridized carbons (Fsp3) is 0.182. The third kappa shape index (κ3) is 4.11. The molecule has 1 aliphatic heterocycles. The molecule has 1 N–H and O–H groups in total. The fourth-order valence-corrected chi connectivity index (χ4v) is 3.30. The molecule has 1 fully saturated rings. The number of pyridine rings is 1. The predicted octanol–water partition coefficient (Wildman–Crippen LogP) is 3.80. The van der Waals surface area contributed by atoms with E-state index in [1.807, 2.05) is 48.5 Å². The average Bonchev–Trinajstić information content (AvgIpc) is 2.75. The molecule has 2 heterocycles. The van der Waals surface area contributed by atoms with Gasteiger partial charge in [0, 0.05) is 37.6 Å². The van der Waals surface area contributed by atoms with Gasteiger partial charge in [0.2, 0.25) is 0 Å². The van der Waals surface area contributed by atoms with Crippen LogP contribution in [0.3, 0.4) is 0 Å². The van der Waals surface area contributed by atoms with Gasteiger partial charge in [0.1, 0.15) is 11.5 Å². The zero-order valence-corrected chi connectivity index (χ0v) is 15.4. The van der Waals surface area contributed by atoms with E-state index in [1.165, 1.54) is 12.1 Å². The van der Waals surface area contributed by atoms with Crippen molar-refractivity contribution in [1.82, 2.24) is 4.98 Å². The number of carbonyl (C=O) groups excluding carboxylic acids is 1. The SMILES string of the molecule is O=C(Nc1ccccc1)c1ccc(N2CCN(c3ccc(F)cc3)CC2)cn1. The molecule has 4 rings (SSSR count). The Morgan fingerprint density at radius 3 is 2.04 bits per heavy atom. The monoisotopic (exact) mass is 376 g/mol. The number of benzene rings is 2. The third-order valence-corrected chi connectivity index (χ3v) is 4.85. The molecule has 6 heteroatoms. The highest BCUT2D eigenvalue weighted by Crippen LogP contribution is 2.20. The number of nitrogens with zero attached hydrogens (tertiary/aromatic N) is 3. The predicted molar refractivity (Wildman–Crippen MR) is 109 cm³/mol. The molecular weight excluding hydrogens is 355 g/mol. The number of hydrogen-bond acceptors (Lipinski definition) is 4. The molecule has 0 unspecified atom stereocenters. The summed E-state index contributed by atoms with van der Waals surface area (Å²) in [5.74, 6) is -0.441. The first-order chi connectivity index (χ1) is 13.7. The minimum Gasteiger partial charge on any atom is -0.368 e. The van der Waals surface area contributed by atoms with Crippen molar-refractivity contribution in [1.29, 1.82) is 0 Å². The van der Waals surface area contributed by atoms with Crippen molar-refractivity contribution >= 4 is 23.0 Å². The number of hydrogen-bond donors (Lipinski definition) is 1. The lowest BCUT2D eigenvalue weighted by molar-refractivity contribution is 0.102. The average molecular weight is 376 g/mol. The first-order valence-electron chi connectivity index (χ1n) is 9.27. The van der Waals surface area contributed by atoms with Crippen molar-refractivity contribution < 1.29 is 9.18 Å². The van der Waals surface area contributed by atoms with Crippen LogP contribution in [0.4, 0.5) is 21.5 Å². The van der Waals surface area contributed by atoms with E-state index >= 15 is 0 Å². The van der Waals surface area contributed by atoms with Crippen LogP contribution in [0.15, 0.2) is 72.9 Å².